The summed E-state index contributed by atoms with van der Waals surface area (Å²) in [4.78, 5) is 6.92. The largest absolute Gasteiger partial charge is 0.382 e. The molecule has 2 aromatic carbocycles. The van der Waals surface area contributed by atoms with E-state index in [4.69, 9.17) is 26.5 Å². The molecular weight excluding hydrogens is 444 g/mol. The number of allylic oxidation sites excluding steroid dienone is 1. The normalized spacial score (nSPS) is 16.2. The summed E-state index contributed by atoms with van der Waals surface area (Å²) in [5, 5.41) is 8.54. The molecule has 1 N–H and O–H groups in total. The monoisotopic (exact) mass is 476 g/mol. The van der Waals surface area contributed by atoms with Crippen molar-refractivity contribution in [3.05, 3.63) is 76.3 Å². The molecule has 0 saturated carbocycles. The van der Waals surface area contributed by atoms with Crippen LogP contribution in [-0.2, 0) is 4.74 Å². The molecule has 34 heavy (non-hydrogen) atoms. The van der Waals surface area contributed by atoms with Gasteiger partial charge in [-0.05, 0) is 76.0 Å². The van der Waals surface area contributed by atoms with Gasteiger partial charge in [0, 0.05) is 31.0 Å². The third-order valence-corrected chi connectivity index (χ3v) is 6.61. The summed E-state index contributed by atoms with van der Waals surface area (Å²) in [7, 11) is 0. The lowest BCUT2D eigenvalue weighted by atomic mass is 9.92. The maximum atomic E-state index is 5.85. The number of nitrogens with zero attached hydrogens (tertiary/aromatic N) is 3. The van der Waals surface area contributed by atoms with Crippen LogP contribution in [0.5, 0.6) is 0 Å². The van der Waals surface area contributed by atoms with Crippen LogP contribution in [0.25, 0.3) is 17.0 Å². The summed E-state index contributed by atoms with van der Waals surface area (Å²) >= 11 is 5.79. The van der Waals surface area contributed by atoms with Crippen molar-refractivity contribution in [2.24, 2.45) is 0 Å². The van der Waals surface area contributed by atoms with Gasteiger partial charge in [-0.2, -0.15) is 4.98 Å². The maximum Gasteiger partial charge on any atom is 0.258 e. The molecule has 0 fully saturated rings. The molecule has 2 heterocycles. The van der Waals surface area contributed by atoms with Crippen LogP contribution in [0.3, 0.4) is 0 Å². The van der Waals surface area contributed by atoms with Crippen molar-refractivity contribution >= 4 is 22.9 Å². The minimum Gasteiger partial charge on any atom is -0.382 e. The molecule has 1 atom stereocenters. The molecule has 0 saturated heterocycles. The van der Waals surface area contributed by atoms with Crippen LogP contribution in [0.1, 0.15) is 54.5 Å². The molecule has 3 aromatic rings. The van der Waals surface area contributed by atoms with Gasteiger partial charge in [-0.3, -0.25) is 0 Å². The molecular formula is C27H32N4O2S. The summed E-state index contributed by atoms with van der Waals surface area (Å²) < 4.78 is 11.4. The molecule has 1 aromatic heterocycles. The number of benzene rings is 2. The van der Waals surface area contributed by atoms with Crippen LogP contribution in [-0.4, -0.2) is 39.9 Å². The molecule has 1 unspecified atom stereocenters. The molecule has 4 rings (SSSR count). The Morgan fingerprint density at radius 3 is 2.65 bits per heavy atom. The lowest BCUT2D eigenvalue weighted by Gasteiger charge is -2.37. The molecule has 178 valence electrons. The topological polar surface area (TPSA) is 63.4 Å². The zero-order valence-corrected chi connectivity index (χ0v) is 21.3. The predicted molar refractivity (Wildman–Crippen MR) is 139 cm³/mol. The van der Waals surface area contributed by atoms with Crippen LogP contribution in [0.2, 0.25) is 0 Å². The summed E-state index contributed by atoms with van der Waals surface area (Å²) in [6.07, 6.45) is 0.868. The Labute approximate surface area is 207 Å². The number of nitrogens with one attached hydrogen (secondary N) is 1. The van der Waals surface area contributed by atoms with Gasteiger partial charge in [0.1, 0.15) is 0 Å². The standard InChI is InChI=1S/C27H32N4O2S/c1-6-32-14-8-13-31-20(5)23(24(28-27(31)34)21-12-11-18(3)19(4)16-21)26-29-25(30-33-26)22-10-7-9-17(2)15-22/h7,9-12,15-16,24H,6,8,13-14H2,1-5H3,(H,28,34). The van der Waals surface area contributed by atoms with E-state index >= 15 is 0 Å². The average molecular weight is 477 g/mol. The van der Waals surface area contributed by atoms with Gasteiger partial charge in [0.05, 0.1) is 11.6 Å². The zero-order valence-electron chi connectivity index (χ0n) is 20.5. The van der Waals surface area contributed by atoms with Crippen LogP contribution >= 0.6 is 12.2 Å². The van der Waals surface area contributed by atoms with E-state index in [1.165, 1.54) is 11.1 Å². The fourth-order valence-corrected chi connectivity index (χ4v) is 4.57. The smallest absolute Gasteiger partial charge is 0.258 e. The number of ether oxygens (including phenoxy) is 1. The second-order valence-corrected chi connectivity index (χ2v) is 9.11. The first kappa shape index (κ1) is 24.1. The van der Waals surface area contributed by atoms with E-state index in [-0.39, 0.29) is 6.04 Å². The van der Waals surface area contributed by atoms with E-state index in [1.807, 2.05) is 19.1 Å². The second kappa shape index (κ2) is 10.5. The SMILES string of the molecule is CCOCCCN1C(=S)NC(c2ccc(C)c(C)c2)C(c2nc(-c3cccc(C)c3)no2)=C1C. The van der Waals surface area contributed by atoms with E-state index in [0.717, 1.165) is 40.9 Å². The van der Waals surface area contributed by atoms with Crippen LogP contribution in [0.15, 0.2) is 52.7 Å². The van der Waals surface area contributed by atoms with Crippen molar-refractivity contribution in [2.45, 2.75) is 47.1 Å². The number of aryl methyl sites for hydroxylation is 3. The Kier molecular flexibility index (Phi) is 7.44. The van der Waals surface area contributed by atoms with Crippen molar-refractivity contribution < 1.29 is 9.26 Å². The van der Waals surface area contributed by atoms with E-state index in [1.54, 1.807) is 0 Å². The van der Waals surface area contributed by atoms with E-state index in [9.17, 15) is 0 Å². The van der Waals surface area contributed by atoms with Crippen LogP contribution in [0.4, 0.5) is 0 Å². The first-order valence-corrected chi connectivity index (χ1v) is 12.1. The highest BCUT2D eigenvalue weighted by molar-refractivity contribution is 7.80. The van der Waals surface area contributed by atoms with Crippen LogP contribution < -0.4 is 5.32 Å². The Morgan fingerprint density at radius 1 is 1.09 bits per heavy atom. The third-order valence-electron chi connectivity index (χ3n) is 6.27. The van der Waals surface area contributed by atoms with Crippen molar-refractivity contribution in [1.82, 2.24) is 20.4 Å². The fourth-order valence-electron chi connectivity index (χ4n) is 4.23. The molecule has 0 radical (unpaired) electrons. The molecule has 7 heteroatoms. The summed E-state index contributed by atoms with van der Waals surface area (Å²) in [6, 6.07) is 14.4. The molecule has 0 bridgehead atoms. The third kappa shape index (κ3) is 5.05. The number of thiocarbonyl (C=S) groups is 1. The van der Waals surface area contributed by atoms with Gasteiger partial charge in [0.2, 0.25) is 5.82 Å². The van der Waals surface area contributed by atoms with Crippen LogP contribution in [0, 0.1) is 20.8 Å². The summed E-state index contributed by atoms with van der Waals surface area (Å²) in [5.74, 6) is 1.08. The minimum absolute atomic E-state index is 0.180. The molecule has 6 nitrogen and oxygen atoms in total. The van der Waals surface area contributed by atoms with Gasteiger partial charge < -0.3 is 19.5 Å². The lowest BCUT2D eigenvalue weighted by molar-refractivity contribution is 0.141. The Hall–Kier alpha value is -3.03. The quantitative estimate of drug-likeness (QED) is 0.328. The van der Waals surface area contributed by atoms with Gasteiger partial charge in [0.25, 0.3) is 5.89 Å². The number of rotatable bonds is 8. The van der Waals surface area contributed by atoms with Gasteiger partial charge in [0.15, 0.2) is 5.11 Å². The van der Waals surface area contributed by atoms with Gasteiger partial charge in [-0.1, -0.05) is 47.1 Å². The van der Waals surface area contributed by atoms with Crippen molar-refractivity contribution in [3.63, 3.8) is 0 Å². The highest BCUT2D eigenvalue weighted by Crippen LogP contribution is 2.38. The van der Waals surface area contributed by atoms with Crippen molar-refractivity contribution in [2.75, 3.05) is 19.8 Å². The number of aromatic nitrogens is 2. The number of hydrogen-bond donors (Lipinski definition) is 1. The van der Waals surface area contributed by atoms with E-state index in [2.05, 4.69) is 73.4 Å². The molecule has 0 spiro atoms. The number of hydrogen-bond acceptors (Lipinski definition) is 5. The molecule has 0 aliphatic carbocycles. The first-order chi connectivity index (χ1) is 16.4. The molecule has 1 aliphatic heterocycles. The fraction of sp³-hybridized carbons (Fsp3) is 0.370. The molecule has 1 aliphatic rings. The first-order valence-electron chi connectivity index (χ1n) is 11.7. The summed E-state index contributed by atoms with van der Waals surface area (Å²) in [6.45, 7) is 12.5. The highest BCUT2D eigenvalue weighted by Gasteiger charge is 2.34. The van der Waals surface area contributed by atoms with Gasteiger partial charge in [-0.25, -0.2) is 0 Å². The average Bonchev–Trinajstić information content (AvgIpc) is 3.30. The predicted octanol–water partition coefficient (Wildman–Crippen LogP) is 5.75. The van der Waals surface area contributed by atoms with E-state index in [0.29, 0.717) is 30.0 Å². The van der Waals surface area contributed by atoms with Crippen molar-refractivity contribution in [1.29, 1.82) is 0 Å². The molecule has 0 amide bonds. The van der Waals surface area contributed by atoms with Crippen molar-refractivity contribution in [3.8, 4) is 11.4 Å². The minimum atomic E-state index is -0.180. The summed E-state index contributed by atoms with van der Waals surface area (Å²) in [5.41, 5.74) is 7.64. The Morgan fingerprint density at radius 2 is 1.91 bits per heavy atom. The lowest BCUT2D eigenvalue weighted by Crippen LogP contribution is -2.46. The maximum absolute atomic E-state index is 5.85. The van der Waals surface area contributed by atoms with Gasteiger partial charge >= 0.3 is 0 Å². The second-order valence-electron chi connectivity index (χ2n) is 8.72. The Balaban J connectivity index is 1.76. The van der Waals surface area contributed by atoms with E-state index < -0.39 is 0 Å². The Bertz CT molecular complexity index is 1220. The highest BCUT2D eigenvalue weighted by atomic mass is 32.1. The zero-order chi connectivity index (χ0) is 24.2. The van der Waals surface area contributed by atoms with Gasteiger partial charge in [-0.15, -0.1) is 0 Å².